The molecule has 0 atom stereocenters. The van der Waals surface area contributed by atoms with E-state index in [0.29, 0.717) is 27.7 Å². The van der Waals surface area contributed by atoms with Gasteiger partial charge in [-0.1, -0.05) is 48.5 Å². The Morgan fingerprint density at radius 3 is 2.34 bits per heavy atom. The quantitative estimate of drug-likeness (QED) is 0.310. The number of pyridine rings is 1. The van der Waals surface area contributed by atoms with E-state index in [4.69, 9.17) is 4.74 Å². The molecular weight excluding hydrogens is 379 g/mol. The fourth-order valence-electron chi connectivity index (χ4n) is 2.95. The van der Waals surface area contributed by atoms with Crippen LogP contribution in [0.5, 0.6) is 5.75 Å². The molecule has 0 spiro atoms. The molecule has 1 aromatic heterocycles. The van der Waals surface area contributed by atoms with Crippen LogP contribution in [0.4, 0.5) is 13.2 Å². The van der Waals surface area contributed by atoms with Gasteiger partial charge in [-0.05, 0) is 36.4 Å². The Morgan fingerprint density at radius 1 is 0.828 bits per heavy atom. The average molecular weight is 393 g/mol. The number of carbonyl (C=O) groups is 1. The highest BCUT2D eigenvalue weighted by Crippen LogP contribution is 2.33. The third kappa shape index (κ3) is 3.96. The molecule has 0 bridgehead atoms. The molecule has 29 heavy (non-hydrogen) atoms. The van der Waals surface area contributed by atoms with Gasteiger partial charge < -0.3 is 4.74 Å². The van der Waals surface area contributed by atoms with E-state index in [1.807, 2.05) is 0 Å². The van der Waals surface area contributed by atoms with E-state index < -0.39 is 17.7 Å². The van der Waals surface area contributed by atoms with Gasteiger partial charge in [0.2, 0.25) is 0 Å². The molecule has 0 aliphatic heterocycles. The molecule has 3 aromatic carbocycles. The summed E-state index contributed by atoms with van der Waals surface area (Å²) in [6, 6.07) is 22.0. The van der Waals surface area contributed by atoms with E-state index >= 15 is 0 Å². The summed E-state index contributed by atoms with van der Waals surface area (Å²) >= 11 is 0. The normalized spacial score (nSPS) is 11.4. The summed E-state index contributed by atoms with van der Waals surface area (Å²) in [6.45, 7) is 0. The van der Waals surface area contributed by atoms with Crippen LogP contribution in [0.3, 0.4) is 0 Å². The highest BCUT2D eigenvalue weighted by Gasteiger charge is 2.30. The third-order valence-electron chi connectivity index (χ3n) is 4.38. The zero-order chi connectivity index (χ0) is 20.4. The summed E-state index contributed by atoms with van der Waals surface area (Å²) in [4.78, 5) is 16.9. The Hall–Kier alpha value is -3.67. The molecule has 144 valence electrons. The van der Waals surface area contributed by atoms with Crippen molar-refractivity contribution in [3.05, 3.63) is 96.1 Å². The molecular formula is C23H14F3NO2. The van der Waals surface area contributed by atoms with Crippen molar-refractivity contribution >= 4 is 16.9 Å². The Bertz CT molecular complexity index is 1190. The maximum atomic E-state index is 13.0. The van der Waals surface area contributed by atoms with Crippen molar-refractivity contribution in [3.8, 4) is 17.0 Å². The van der Waals surface area contributed by atoms with Crippen molar-refractivity contribution in [1.82, 2.24) is 4.98 Å². The molecule has 0 N–H and O–H groups in total. The van der Waals surface area contributed by atoms with Crippen molar-refractivity contribution in [1.29, 1.82) is 0 Å². The molecule has 0 saturated heterocycles. The van der Waals surface area contributed by atoms with Gasteiger partial charge in [0.25, 0.3) is 0 Å². The molecule has 4 aromatic rings. The number of benzene rings is 3. The molecule has 0 amide bonds. The first-order chi connectivity index (χ1) is 13.9. The zero-order valence-electron chi connectivity index (χ0n) is 15.0. The van der Waals surface area contributed by atoms with E-state index in [1.54, 1.807) is 66.7 Å². The van der Waals surface area contributed by atoms with Crippen molar-refractivity contribution in [2.24, 2.45) is 0 Å². The van der Waals surface area contributed by atoms with Crippen molar-refractivity contribution in [3.63, 3.8) is 0 Å². The topological polar surface area (TPSA) is 39.2 Å². The number of esters is 1. The number of fused-ring (bicyclic) bond motifs is 1. The summed E-state index contributed by atoms with van der Waals surface area (Å²) < 4.78 is 44.6. The minimum absolute atomic E-state index is 0.241. The van der Waals surface area contributed by atoms with Crippen LogP contribution in [0.2, 0.25) is 0 Å². The lowest BCUT2D eigenvalue weighted by atomic mass is 10.1. The maximum absolute atomic E-state index is 13.0. The van der Waals surface area contributed by atoms with Crippen molar-refractivity contribution in [2.75, 3.05) is 0 Å². The Labute approximate surface area is 164 Å². The van der Waals surface area contributed by atoms with Gasteiger partial charge in [-0.15, -0.1) is 0 Å². The van der Waals surface area contributed by atoms with Crippen LogP contribution in [0.1, 0.15) is 15.9 Å². The third-order valence-corrected chi connectivity index (χ3v) is 4.38. The van der Waals surface area contributed by atoms with E-state index in [1.165, 1.54) is 6.07 Å². The molecule has 0 saturated carbocycles. The van der Waals surface area contributed by atoms with Gasteiger partial charge in [-0.2, -0.15) is 13.2 Å². The first-order valence-corrected chi connectivity index (χ1v) is 8.76. The van der Waals surface area contributed by atoms with Crippen LogP contribution in [0.15, 0.2) is 84.9 Å². The fraction of sp³-hybridized carbons (Fsp3) is 0.0435. The van der Waals surface area contributed by atoms with Gasteiger partial charge in [0.05, 0.1) is 16.8 Å². The highest BCUT2D eigenvalue weighted by molar-refractivity contribution is 5.94. The lowest BCUT2D eigenvalue weighted by Gasteiger charge is -2.11. The fourth-order valence-corrected chi connectivity index (χ4v) is 2.95. The predicted octanol–water partition coefficient (Wildman–Crippen LogP) is 6.14. The summed E-state index contributed by atoms with van der Waals surface area (Å²) in [5.74, 6) is -0.297. The predicted molar refractivity (Wildman–Crippen MR) is 104 cm³/mol. The van der Waals surface area contributed by atoms with Crippen molar-refractivity contribution < 1.29 is 22.7 Å². The number of halogens is 3. The summed E-state index contributed by atoms with van der Waals surface area (Å²) in [7, 11) is 0. The van der Waals surface area contributed by atoms with Gasteiger partial charge in [0, 0.05) is 10.9 Å². The molecule has 6 heteroatoms. The number of rotatable bonds is 3. The van der Waals surface area contributed by atoms with Crippen LogP contribution < -0.4 is 4.74 Å². The number of alkyl halides is 3. The number of nitrogens with zero attached hydrogens (tertiary/aromatic N) is 1. The van der Waals surface area contributed by atoms with E-state index in [9.17, 15) is 18.0 Å². The number of hydrogen-bond donors (Lipinski definition) is 0. The monoisotopic (exact) mass is 393 g/mol. The lowest BCUT2D eigenvalue weighted by Crippen LogP contribution is -2.08. The molecule has 0 radical (unpaired) electrons. The minimum Gasteiger partial charge on any atom is -0.421 e. The largest absolute Gasteiger partial charge is 0.421 e. The molecule has 0 aliphatic carbocycles. The maximum Gasteiger partial charge on any atom is 0.416 e. The van der Waals surface area contributed by atoms with Gasteiger partial charge in [0.15, 0.2) is 5.75 Å². The molecule has 1 heterocycles. The first-order valence-electron chi connectivity index (χ1n) is 8.76. The second-order valence-electron chi connectivity index (χ2n) is 6.36. The standard InChI is InChI=1S/C23H14F3NO2/c24-23(25,26)18-10-4-9-17(14-18)19-13-12-15-8-5-11-20(21(15)27-19)29-22(28)16-6-2-1-3-7-16/h1-14H. The van der Waals surface area contributed by atoms with E-state index in [0.717, 1.165) is 12.1 Å². The second-order valence-corrected chi connectivity index (χ2v) is 6.36. The first kappa shape index (κ1) is 18.7. The number of hydrogen-bond acceptors (Lipinski definition) is 3. The van der Waals surface area contributed by atoms with Crippen molar-refractivity contribution in [2.45, 2.75) is 6.18 Å². The van der Waals surface area contributed by atoms with Crippen LogP contribution in [0, 0.1) is 0 Å². The lowest BCUT2D eigenvalue weighted by molar-refractivity contribution is -0.137. The van der Waals surface area contributed by atoms with Gasteiger partial charge in [-0.3, -0.25) is 0 Å². The smallest absolute Gasteiger partial charge is 0.416 e. The SMILES string of the molecule is O=C(Oc1cccc2ccc(-c3cccc(C(F)(F)F)c3)nc12)c1ccccc1. The zero-order valence-corrected chi connectivity index (χ0v) is 15.0. The van der Waals surface area contributed by atoms with Gasteiger partial charge in [0.1, 0.15) is 5.52 Å². The Kier molecular flexibility index (Phi) is 4.76. The van der Waals surface area contributed by atoms with Crippen LogP contribution in [-0.2, 0) is 6.18 Å². The second kappa shape index (κ2) is 7.39. The number of para-hydroxylation sites is 1. The molecule has 4 rings (SSSR count). The molecule has 0 fully saturated rings. The van der Waals surface area contributed by atoms with E-state index in [-0.39, 0.29) is 5.75 Å². The van der Waals surface area contributed by atoms with Gasteiger partial charge >= 0.3 is 12.1 Å². The summed E-state index contributed by atoms with van der Waals surface area (Å²) in [5.41, 5.74) is 0.712. The Morgan fingerprint density at radius 2 is 1.59 bits per heavy atom. The minimum atomic E-state index is -4.44. The molecule has 0 unspecified atom stereocenters. The van der Waals surface area contributed by atoms with E-state index in [2.05, 4.69) is 4.98 Å². The number of carbonyl (C=O) groups excluding carboxylic acids is 1. The summed E-state index contributed by atoms with van der Waals surface area (Å²) in [5, 5.41) is 0.707. The Balaban J connectivity index is 1.74. The summed E-state index contributed by atoms with van der Waals surface area (Å²) in [6.07, 6.45) is -4.44. The van der Waals surface area contributed by atoms with Crippen LogP contribution in [0.25, 0.3) is 22.2 Å². The number of ether oxygens (including phenoxy) is 1. The van der Waals surface area contributed by atoms with Crippen LogP contribution in [-0.4, -0.2) is 11.0 Å². The molecule has 3 nitrogen and oxygen atoms in total. The molecule has 0 aliphatic rings. The average Bonchev–Trinajstić information content (AvgIpc) is 2.74. The van der Waals surface area contributed by atoms with Gasteiger partial charge in [-0.25, -0.2) is 9.78 Å². The van der Waals surface area contributed by atoms with Crippen LogP contribution >= 0.6 is 0 Å². The number of aromatic nitrogens is 1. The highest BCUT2D eigenvalue weighted by atomic mass is 19.4.